The zero-order valence-electron chi connectivity index (χ0n) is 13.8. The van der Waals surface area contributed by atoms with E-state index in [1.54, 1.807) is 42.6 Å². The maximum Gasteiger partial charge on any atom is 0.269 e. The summed E-state index contributed by atoms with van der Waals surface area (Å²) >= 11 is 4.85. The summed E-state index contributed by atoms with van der Waals surface area (Å²) in [5, 5.41) is 0.865. The largest absolute Gasteiger partial charge is 0.295 e. The average molecular weight is 431 g/mol. The van der Waals surface area contributed by atoms with Gasteiger partial charge in [0.1, 0.15) is 0 Å². The Morgan fingerprint density at radius 2 is 1.50 bits per heavy atom. The summed E-state index contributed by atoms with van der Waals surface area (Å²) in [5.41, 5.74) is 6.62. The number of imidazole rings is 1. The first-order valence-corrected chi connectivity index (χ1v) is 9.64. The lowest BCUT2D eigenvalue weighted by molar-refractivity contribution is 0.0846. The highest BCUT2D eigenvalue weighted by Crippen LogP contribution is 2.18. The molecule has 2 N–H and O–H groups in total. The number of hydrazine groups is 1. The van der Waals surface area contributed by atoms with E-state index in [1.807, 2.05) is 29.2 Å². The van der Waals surface area contributed by atoms with Crippen molar-refractivity contribution in [1.82, 2.24) is 20.4 Å². The molecule has 0 bridgehead atoms. The minimum Gasteiger partial charge on any atom is -0.295 e. The summed E-state index contributed by atoms with van der Waals surface area (Å²) in [5.74, 6) is -0.775. The number of carbonyl (C=O) groups excluding carboxylic acids is 2. The molecule has 2 amide bonds. The number of rotatable bonds is 4. The van der Waals surface area contributed by atoms with Crippen LogP contribution in [0.5, 0.6) is 0 Å². The summed E-state index contributed by atoms with van der Waals surface area (Å²) < 4.78 is 2.81. The van der Waals surface area contributed by atoms with Crippen molar-refractivity contribution in [3.8, 4) is 5.69 Å². The van der Waals surface area contributed by atoms with E-state index in [4.69, 9.17) is 0 Å². The zero-order valence-corrected chi connectivity index (χ0v) is 16.2. The molecule has 3 rings (SSSR count). The predicted molar refractivity (Wildman–Crippen MR) is 104 cm³/mol. The third-order valence-electron chi connectivity index (χ3n) is 3.59. The highest BCUT2D eigenvalue weighted by Gasteiger charge is 2.10. The molecule has 0 saturated heterocycles. The maximum atomic E-state index is 12.2. The fraction of sp³-hybridized carbons (Fsp3) is 0.0556. The summed E-state index contributed by atoms with van der Waals surface area (Å²) in [4.78, 5) is 28.5. The first-order valence-electron chi connectivity index (χ1n) is 7.62. The molecular formula is C18H15BrN4O2S. The predicted octanol–water partition coefficient (Wildman–Crippen LogP) is 3.43. The summed E-state index contributed by atoms with van der Waals surface area (Å²) in [6.45, 7) is 0. The van der Waals surface area contributed by atoms with Crippen LogP contribution in [0, 0.1) is 0 Å². The standard InChI is InChI=1S/C18H15BrN4O2S/c1-26-18-20-10-11-23(18)15-8-4-13(5-9-15)17(25)22-21-16(24)12-2-6-14(19)7-3-12/h2-11H,1H3,(H,21,24)(H,22,25). The number of halogens is 1. The van der Waals surface area contributed by atoms with E-state index in [0.29, 0.717) is 11.1 Å². The van der Waals surface area contributed by atoms with Gasteiger partial charge in [0.25, 0.3) is 11.8 Å². The third kappa shape index (κ3) is 4.14. The smallest absolute Gasteiger partial charge is 0.269 e. The van der Waals surface area contributed by atoms with E-state index >= 15 is 0 Å². The monoisotopic (exact) mass is 430 g/mol. The molecule has 0 aliphatic rings. The molecule has 2 aromatic carbocycles. The van der Waals surface area contributed by atoms with Gasteiger partial charge in [0.05, 0.1) is 0 Å². The summed E-state index contributed by atoms with van der Waals surface area (Å²) in [6.07, 6.45) is 5.54. The molecule has 1 heterocycles. The van der Waals surface area contributed by atoms with Crippen LogP contribution in [0.1, 0.15) is 20.7 Å². The molecule has 0 unspecified atom stereocenters. The van der Waals surface area contributed by atoms with Crippen LogP contribution in [0.15, 0.2) is 70.6 Å². The molecule has 6 nitrogen and oxygen atoms in total. The zero-order chi connectivity index (χ0) is 18.5. The molecule has 26 heavy (non-hydrogen) atoms. The van der Waals surface area contributed by atoms with Crippen LogP contribution in [0.2, 0.25) is 0 Å². The second-order valence-electron chi connectivity index (χ2n) is 5.25. The Morgan fingerprint density at radius 3 is 2.04 bits per heavy atom. The summed E-state index contributed by atoms with van der Waals surface area (Å²) in [6, 6.07) is 13.9. The fourth-order valence-electron chi connectivity index (χ4n) is 2.27. The van der Waals surface area contributed by atoms with Gasteiger partial charge in [0.2, 0.25) is 0 Å². The van der Waals surface area contributed by atoms with Crippen LogP contribution in [0.4, 0.5) is 0 Å². The molecule has 0 aliphatic carbocycles. The van der Waals surface area contributed by atoms with E-state index in [0.717, 1.165) is 15.3 Å². The van der Waals surface area contributed by atoms with E-state index in [1.165, 1.54) is 11.8 Å². The van der Waals surface area contributed by atoms with E-state index in [-0.39, 0.29) is 5.91 Å². The number of hydrogen-bond donors (Lipinski definition) is 2. The fourth-order valence-corrected chi connectivity index (χ4v) is 3.06. The van der Waals surface area contributed by atoms with Crippen LogP contribution in [-0.2, 0) is 0 Å². The Morgan fingerprint density at radius 1 is 0.962 bits per heavy atom. The summed E-state index contributed by atoms with van der Waals surface area (Å²) in [7, 11) is 0. The quantitative estimate of drug-likeness (QED) is 0.490. The number of carbonyl (C=O) groups is 2. The third-order valence-corrected chi connectivity index (χ3v) is 4.79. The molecule has 0 atom stereocenters. The number of aromatic nitrogens is 2. The number of nitrogens with one attached hydrogen (secondary N) is 2. The van der Waals surface area contributed by atoms with Gasteiger partial charge in [-0.15, -0.1) is 0 Å². The van der Waals surface area contributed by atoms with Crippen molar-refractivity contribution >= 4 is 39.5 Å². The molecule has 0 spiro atoms. The molecule has 132 valence electrons. The van der Waals surface area contributed by atoms with Crippen molar-refractivity contribution in [3.63, 3.8) is 0 Å². The Kier molecular flexibility index (Phi) is 5.75. The number of benzene rings is 2. The van der Waals surface area contributed by atoms with Crippen LogP contribution < -0.4 is 10.9 Å². The Balaban J connectivity index is 1.63. The first-order chi connectivity index (χ1) is 12.6. The van der Waals surface area contributed by atoms with Crippen molar-refractivity contribution in [1.29, 1.82) is 0 Å². The van der Waals surface area contributed by atoms with Crippen molar-refractivity contribution in [2.24, 2.45) is 0 Å². The van der Waals surface area contributed by atoms with Gasteiger partial charge in [-0.05, 0) is 54.8 Å². The van der Waals surface area contributed by atoms with Gasteiger partial charge in [-0.1, -0.05) is 27.7 Å². The SMILES string of the molecule is CSc1nccn1-c1ccc(C(=O)NNC(=O)c2ccc(Br)cc2)cc1. The van der Waals surface area contributed by atoms with Crippen LogP contribution in [0.25, 0.3) is 5.69 Å². The van der Waals surface area contributed by atoms with Gasteiger partial charge >= 0.3 is 0 Å². The van der Waals surface area contributed by atoms with Gasteiger partial charge in [-0.2, -0.15) is 0 Å². The van der Waals surface area contributed by atoms with Crippen molar-refractivity contribution in [3.05, 3.63) is 76.5 Å². The Labute approximate surface area is 163 Å². The van der Waals surface area contributed by atoms with Crippen molar-refractivity contribution in [2.45, 2.75) is 5.16 Å². The van der Waals surface area contributed by atoms with Gasteiger partial charge in [-0.3, -0.25) is 25.0 Å². The molecule has 0 radical (unpaired) electrons. The molecular weight excluding hydrogens is 416 g/mol. The van der Waals surface area contributed by atoms with E-state index in [2.05, 4.69) is 31.8 Å². The van der Waals surface area contributed by atoms with Gasteiger partial charge in [-0.25, -0.2) is 4.98 Å². The number of hydrogen-bond acceptors (Lipinski definition) is 4. The molecule has 8 heteroatoms. The number of amides is 2. The van der Waals surface area contributed by atoms with E-state index in [9.17, 15) is 9.59 Å². The van der Waals surface area contributed by atoms with Crippen LogP contribution >= 0.6 is 27.7 Å². The molecule has 0 saturated carbocycles. The number of thioether (sulfide) groups is 1. The second-order valence-corrected chi connectivity index (χ2v) is 6.94. The average Bonchev–Trinajstić information content (AvgIpc) is 3.15. The highest BCUT2D eigenvalue weighted by atomic mass is 79.9. The molecule has 0 fully saturated rings. The van der Waals surface area contributed by atoms with Crippen molar-refractivity contribution in [2.75, 3.05) is 6.26 Å². The second kappa shape index (κ2) is 8.20. The normalized spacial score (nSPS) is 10.4. The topological polar surface area (TPSA) is 76.0 Å². The van der Waals surface area contributed by atoms with Crippen LogP contribution in [-0.4, -0.2) is 27.6 Å². The molecule has 1 aromatic heterocycles. The van der Waals surface area contributed by atoms with Crippen molar-refractivity contribution < 1.29 is 9.59 Å². The lowest BCUT2D eigenvalue weighted by atomic mass is 10.2. The first kappa shape index (κ1) is 18.2. The Bertz CT molecular complexity index is 923. The van der Waals surface area contributed by atoms with Crippen LogP contribution in [0.3, 0.4) is 0 Å². The lowest BCUT2D eigenvalue weighted by Crippen LogP contribution is -2.41. The lowest BCUT2D eigenvalue weighted by Gasteiger charge is -2.09. The molecule has 0 aliphatic heterocycles. The Hall–Kier alpha value is -2.58. The van der Waals surface area contributed by atoms with E-state index < -0.39 is 5.91 Å². The van der Waals surface area contributed by atoms with Gasteiger partial charge < -0.3 is 0 Å². The molecule has 3 aromatic rings. The highest BCUT2D eigenvalue weighted by molar-refractivity contribution is 9.10. The minimum absolute atomic E-state index is 0.384. The van der Waals surface area contributed by atoms with Gasteiger partial charge in [0.15, 0.2) is 5.16 Å². The number of nitrogens with zero attached hydrogens (tertiary/aromatic N) is 2. The van der Waals surface area contributed by atoms with Gasteiger partial charge in [0, 0.05) is 33.7 Å². The maximum absolute atomic E-state index is 12.2. The minimum atomic E-state index is -0.391.